The Morgan fingerprint density at radius 3 is 2.52 bits per heavy atom. The molecule has 2 aromatic rings. The highest BCUT2D eigenvalue weighted by atomic mass is 19.4. The molecule has 2 aromatic heterocycles. The first-order valence-electron chi connectivity index (χ1n) is 7.14. The van der Waals surface area contributed by atoms with Gasteiger partial charge in [-0.3, -0.25) is 9.67 Å². The van der Waals surface area contributed by atoms with E-state index >= 15 is 0 Å². The average molecular weight is 327 g/mol. The van der Waals surface area contributed by atoms with Gasteiger partial charge in [-0.15, -0.1) is 0 Å². The first kappa shape index (κ1) is 15.7. The van der Waals surface area contributed by atoms with Crippen LogP contribution in [0.5, 0.6) is 0 Å². The molecule has 124 valence electrons. The van der Waals surface area contributed by atoms with Crippen LogP contribution in [0.4, 0.5) is 18.9 Å². The van der Waals surface area contributed by atoms with Crippen molar-refractivity contribution in [3.8, 4) is 0 Å². The summed E-state index contributed by atoms with van der Waals surface area (Å²) in [5.74, 6) is 0.433. The molecule has 1 aliphatic heterocycles. The molecular formula is C14H16F3N5O. The number of nitrogens with zero attached hydrogens (tertiary/aromatic N) is 5. The summed E-state index contributed by atoms with van der Waals surface area (Å²) < 4.78 is 40.8. The molecule has 0 amide bonds. The Balaban J connectivity index is 1.82. The van der Waals surface area contributed by atoms with Crippen LogP contribution >= 0.6 is 0 Å². The molecule has 0 bridgehead atoms. The largest absolute Gasteiger partial charge is 0.419 e. The minimum absolute atomic E-state index is 0.0903. The van der Waals surface area contributed by atoms with Gasteiger partial charge in [-0.1, -0.05) is 0 Å². The lowest BCUT2D eigenvalue weighted by Gasteiger charge is -2.39. The maximum absolute atomic E-state index is 13.1. The first-order valence-corrected chi connectivity index (χ1v) is 7.14. The second-order valence-corrected chi connectivity index (χ2v) is 5.62. The molecule has 1 fully saturated rings. The lowest BCUT2D eigenvalue weighted by atomic mass is 9.90. The Hall–Kier alpha value is -2.16. The van der Waals surface area contributed by atoms with Gasteiger partial charge < -0.3 is 10.0 Å². The minimum atomic E-state index is -4.46. The number of piperidine rings is 1. The average Bonchev–Trinajstić information content (AvgIpc) is 2.94. The fourth-order valence-electron chi connectivity index (χ4n) is 2.94. The van der Waals surface area contributed by atoms with E-state index in [9.17, 15) is 18.3 Å². The van der Waals surface area contributed by atoms with Gasteiger partial charge in [-0.2, -0.15) is 18.3 Å². The number of halogens is 3. The third-order valence-electron chi connectivity index (χ3n) is 4.16. The van der Waals surface area contributed by atoms with Crippen LogP contribution in [0.25, 0.3) is 0 Å². The second-order valence-electron chi connectivity index (χ2n) is 5.62. The topological polar surface area (TPSA) is 67.1 Å². The van der Waals surface area contributed by atoms with Crippen molar-refractivity contribution in [2.75, 3.05) is 18.0 Å². The van der Waals surface area contributed by atoms with Crippen LogP contribution in [0.3, 0.4) is 0 Å². The second kappa shape index (κ2) is 5.48. The lowest BCUT2D eigenvalue weighted by molar-refractivity contribution is -0.137. The van der Waals surface area contributed by atoms with Crippen molar-refractivity contribution in [3.63, 3.8) is 0 Å². The summed E-state index contributed by atoms with van der Waals surface area (Å²) in [6, 6.07) is 1.36. The van der Waals surface area contributed by atoms with E-state index in [-0.39, 0.29) is 31.6 Å². The number of alkyl halides is 3. The molecule has 0 atom stereocenters. The number of rotatable bonds is 2. The summed E-state index contributed by atoms with van der Waals surface area (Å²) in [7, 11) is 1.68. The van der Waals surface area contributed by atoms with Gasteiger partial charge in [0.1, 0.15) is 11.9 Å². The van der Waals surface area contributed by atoms with Gasteiger partial charge in [0, 0.05) is 45.4 Å². The maximum Gasteiger partial charge on any atom is 0.419 e. The van der Waals surface area contributed by atoms with E-state index in [0.29, 0.717) is 5.82 Å². The number of anilines is 1. The highest BCUT2D eigenvalue weighted by Gasteiger charge is 2.40. The molecule has 6 nitrogen and oxygen atoms in total. The zero-order chi connectivity index (χ0) is 16.7. The first-order chi connectivity index (χ1) is 10.8. The van der Waals surface area contributed by atoms with Crippen LogP contribution in [0.2, 0.25) is 0 Å². The van der Waals surface area contributed by atoms with Crippen molar-refractivity contribution >= 4 is 5.69 Å². The van der Waals surface area contributed by atoms with Gasteiger partial charge in [0.15, 0.2) is 5.82 Å². The lowest BCUT2D eigenvalue weighted by Crippen LogP contribution is -2.44. The SMILES string of the molecule is Cn1ncnc1C1(O)CCN(c2ccncc2C(F)(F)F)CC1. The van der Waals surface area contributed by atoms with E-state index < -0.39 is 17.3 Å². The van der Waals surface area contributed by atoms with Crippen molar-refractivity contribution in [1.82, 2.24) is 19.7 Å². The van der Waals surface area contributed by atoms with Crippen LogP contribution < -0.4 is 4.90 Å². The summed E-state index contributed by atoms with van der Waals surface area (Å²) in [4.78, 5) is 9.25. The smallest absolute Gasteiger partial charge is 0.382 e. The van der Waals surface area contributed by atoms with E-state index in [4.69, 9.17) is 0 Å². The fraction of sp³-hybridized carbons (Fsp3) is 0.500. The standard InChI is InChI=1S/C14H16F3N5O/c1-21-12(19-9-20-21)13(23)3-6-22(7-4-13)11-2-5-18-8-10(11)14(15,16)17/h2,5,8-9,23H,3-4,6-7H2,1H3. The number of hydrogen-bond donors (Lipinski definition) is 1. The molecular weight excluding hydrogens is 311 g/mol. The fourth-order valence-corrected chi connectivity index (χ4v) is 2.94. The Bertz CT molecular complexity index is 692. The van der Waals surface area contributed by atoms with Gasteiger partial charge in [0.2, 0.25) is 0 Å². The molecule has 9 heteroatoms. The predicted octanol–water partition coefficient (Wildman–Crippen LogP) is 1.72. The van der Waals surface area contributed by atoms with E-state index in [1.54, 1.807) is 11.9 Å². The zero-order valence-corrected chi connectivity index (χ0v) is 12.5. The number of aliphatic hydroxyl groups is 1. The Morgan fingerprint density at radius 2 is 1.96 bits per heavy atom. The highest BCUT2D eigenvalue weighted by molar-refractivity contribution is 5.54. The summed E-state index contributed by atoms with van der Waals surface area (Å²) >= 11 is 0. The molecule has 1 aliphatic rings. The van der Waals surface area contributed by atoms with Gasteiger partial charge in [0.25, 0.3) is 0 Å². The van der Waals surface area contributed by atoms with Gasteiger partial charge in [0.05, 0.1) is 11.3 Å². The molecule has 23 heavy (non-hydrogen) atoms. The molecule has 1 saturated heterocycles. The number of hydrogen-bond acceptors (Lipinski definition) is 5. The molecule has 0 aliphatic carbocycles. The normalized spacial score (nSPS) is 18.2. The summed E-state index contributed by atoms with van der Waals surface area (Å²) in [6.45, 7) is 0.576. The van der Waals surface area contributed by atoms with Crippen molar-refractivity contribution in [2.45, 2.75) is 24.6 Å². The van der Waals surface area contributed by atoms with Crippen molar-refractivity contribution in [1.29, 1.82) is 0 Å². The van der Waals surface area contributed by atoms with E-state index in [2.05, 4.69) is 15.1 Å². The maximum atomic E-state index is 13.1. The predicted molar refractivity (Wildman–Crippen MR) is 75.6 cm³/mol. The minimum Gasteiger partial charge on any atom is -0.382 e. The highest BCUT2D eigenvalue weighted by Crippen LogP contribution is 2.39. The number of pyridine rings is 1. The molecule has 3 rings (SSSR count). The van der Waals surface area contributed by atoms with Crippen molar-refractivity contribution < 1.29 is 18.3 Å². The van der Waals surface area contributed by atoms with Crippen LogP contribution in [0.1, 0.15) is 24.2 Å². The van der Waals surface area contributed by atoms with Gasteiger partial charge >= 0.3 is 6.18 Å². The molecule has 0 unspecified atom stereocenters. The third kappa shape index (κ3) is 2.88. The molecule has 0 radical (unpaired) electrons. The van der Waals surface area contributed by atoms with Crippen LogP contribution in [0, 0.1) is 0 Å². The van der Waals surface area contributed by atoms with Crippen molar-refractivity contribution in [2.24, 2.45) is 7.05 Å². The summed E-state index contributed by atoms with van der Waals surface area (Å²) in [5, 5.41) is 14.7. The molecule has 3 heterocycles. The Morgan fingerprint density at radius 1 is 1.26 bits per heavy atom. The summed E-state index contributed by atoms with van der Waals surface area (Å²) in [5.41, 5.74) is -1.84. The van der Waals surface area contributed by atoms with E-state index in [0.717, 1.165) is 6.20 Å². The molecule has 1 N–H and O–H groups in total. The van der Waals surface area contributed by atoms with Gasteiger partial charge in [-0.05, 0) is 6.07 Å². The molecule has 0 aromatic carbocycles. The number of aryl methyl sites for hydroxylation is 1. The molecule has 0 spiro atoms. The van der Waals surface area contributed by atoms with Crippen LogP contribution in [0.15, 0.2) is 24.8 Å². The third-order valence-corrected chi connectivity index (χ3v) is 4.16. The Labute approximate surface area is 130 Å². The van der Waals surface area contributed by atoms with E-state index in [1.165, 1.54) is 23.3 Å². The Kier molecular flexibility index (Phi) is 3.75. The quantitative estimate of drug-likeness (QED) is 0.910. The van der Waals surface area contributed by atoms with Gasteiger partial charge in [-0.25, -0.2) is 4.98 Å². The van der Waals surface area contributed by atoms with Crippen LogP contribution in [-0.2, 0) is 18.8 Å². The van der Waals surface area contributed by atoms with Crippen molar-refractivity contribution in [3.05, 3.63) is 36.2 Å². The van der Waals surface area contributed by atoms with E-state index in [1.807, 2.05) is 0 Å². The zero-order valence-electron chi connectivity index (χ0n) is 12.5. The summed E-state index contributed by atoms with van der Waals surface area (Å²) in [6.07, 6.45) is -0.379. The number of aromatic nitrogens is 4. The monoisotopic (exact) mass is 327 g/mol. The van der Waals surface area contributed by atoms with Crippen LogP contribution in [-0.4, -0.2) is 37.9 Å². The molecule has 0 saturated carbocycles.